The van der Waals surface area contributed by atoms with Crippen molar-refractivity contribution in [2.75, 3.05) is 10.8 Å². The molecule has 1 aromatic heterocycles. The Hall–Kier alpha value is -3.23. The number of benzene rings is 3. The van der Waals surface area contributed by atoms with Gasteiger partial charge in [-0.2, -0.15) is 4.99 Å². The van der Waals surface area contributed by atoms with Gasteiger partial charge in [0.05, 0.1) is 20.8 Å². The molecule has 1 aliphatic heterocycles. The van der Waals surface area contributed by atoms with Crippen molar-refractivity contribution < 1.29 is 13.2 Å². The van der Waals surface area contributed by atoms with E-state index < -0.39 is 15.9 Å². The van der Waals surface area contributed by atoms with Gasteiger partial charge in [-0.1, -0.05) is 48.9 Å². The summed E-state index contributed by atoms with van der Waals surface area (Å²) < 4.78 is 30.9. The van der Waals surface area contributed by atoms with Crippen molar-refractivity contribution in [1.29, 1.82) is 0 Å². The predicted octanol–water partition coefficient (Wildman–Crippen LogP) is 5.07. The minimum Gasteiger partial charge on any atom is -0.319 e. The van der Waals surface area contributed by atoms with E-state index in [9.17, 15) is 13.2 Å². The van der Waals surface area contributed by atoms with E-state index in [0.29, 0.717) is 23.3 Å². The van der Waals surface area contributed by atoms with Crippen LogP contribution in [0.3, 0.4) is 0 Å². The quantitative estimate of drug-likeness (QED) is 0.367. The molecule has 1 amide bonds. The highest BCUT2D eigenvalue weighted by molar-refractivity contribution is 7.92. The molecule has 0 aliphatic carbocycles. The number of nitrogens with zero attached hydrogens (tertiary/aromatic N) is 3. The van der Waals surface area contributed by atoms with Crippen LogP contribution in [0.2, 0.25) is 0 Å². The smallest absolute Gasteiger partial charge is 0.279 e. The van der Waals surface area contributed by atoms with E-state index >= 15 is 0 Å². The van der Waals surface area contributed by atoms with E-state index in [-0.39, 0.29) is 4.90 Å². The van der Waals surface area contributed by atoms with Crippen molar-refractivity contribution in [3.63, 3.8) is 0 Å². The Morgan fingerprint density at radius 1 is 1.06 bits per heavy atom. The zero-order valence-electron chi connectivity index (χ0n) is 19.8. The molecule has 0 saturated heterocycles. The molecule has 0 N–H and O–H groups in total. The molecule has 4 aromatic rings. The summed E-state index contributed by atoms with van der Waals surface area (Å²) in [5, 5.41) is 0. The summed E-state index contributed by atoms with van der Waals surface area (Å²) >= 11 is 1.49. The summed E-state index contributed by atoms with van der Waals surface area (Å²) in [5.74, 6) is -0.395. The van der Waals surface area contributed by atoms with Crippen LogP contribution >= 0.6 is 11.3 Å². The molecule has 3 aromatic carbocycles. The number of para-hydroxylation sites is 1. The SMILES string of the molecule is CCCCc1ccc2c(c1)sc(=NC(=O)c1ccc(S(=O)(=O)N3CCc4ccccc43)cc1)n2C. The lowest BCUT2D eigenvalue weighted by Crippen LogP contribution is -2.29. The lowest BCUT2D eigenvalue weighted by atomic mass is 10.1. The van der Waals surface area contributed by atoms with Crippen molar-refractivity contribution in [1.82, 2.24) is 4.57 Å². The molecule has 6 nitrogen and oxygen atoms in total. The normalized spacial score (nSPS) is 14.0. The lowest BCUT2D eigenvalue weighted by Gasteiger charge is -2.19. The Labute approximate surface area is 209 Å². The van der Waals surface area contributed by atoms with Crippen LogP contribution in [-0.4, -0.2) is 25.4 Å². The number of unbranched alkanes of at least 4 members (excludes halogenated alkanes) is 1. The summed E-state index contributed by atoms with van der Waals surface area (Å²) in [4.78, 5) is 18.0. The zero-order chi connectivity index (χ0) is 24.6. The van der Waals surface area contributed by atoms with Crippen molar-refractivity contribution in [2.45, 2.75) is 37.5 Å². The second-order valence-electron chi connectivity index (χ2n) is 8.75. The maximum atomic E-state index is 13.2. The van der Waals surface area contributed by atoms with Crippen molar-refractivity contribution >= 4 is 43.2 Å². The second kappa shape index (κ2) is 9.43. The number of aryl methyl sites for hydroxylation is 2. The van der Waals surface area contributed by atoms with Crippen molar-refractivity contribution in [3.8, 4) is 0 Å². The molecular weight excluding hydrogens is 478 g/mol. The summed E-state index contributed by atoms with van der Waals surface area (Å²) in [5.41, 5.74) is 4.42. The molecule has 0 fully saturated rings. The maximum Gasteiger partial charge on any atom is 0.279 e. The van der Waals surface area contributed by atoms with Gasteiger partial charge in [-0.15, -0.1) is 0 Å². The Morgan fingerprint density at radius 3 is 2.60 bits per heavy atom. The summed E-state index contributed by atoms with van der Waals surface area (Å²) in [6.45, 7) is 2.60. The molecule has 0 radical (unpaired) electrons. The second-order valence-corrected chi connectivity index (χ2v) is 11.6. The number of hydrogen-bond donors (Lipinski definition) is 0. The number of thiazole rings is 1. The molecule has 0 spiro atoms. The van der Waals surface area contributed by atoms with E-state index in [1.807, 2.05) is 35.9 Å². The molecule has 35 heavy (non-hydrogen) atoms. The van der Waals surface area contributed by atoms with E-state index in [0.717, 1.165) is 40.7 Å². The average molecular weight is 506 g/mol. The van der Waals surface area contributed by atoms with Crippen LogP contribution in [0.25, 0.3) is 10.2 Å². The van der Waals surface area contributed by atoms with Gasteiger partial charge in [-0.3, -0.25) is 9.10 Å². The Morgan fingerprint density at radius 2 is 1.83 bits per heavy atom. The van der Waals surface area contributed by atoms with Crippen molar-refractivity contribution in [2.24, 2.45) is 12.0 Å². The van der Waals surface area contributed by atoms with Crippen LogP contribution in [0.15, 0.2) is 76.6 Å². The molecule has 0 atom stereocenters. The van der Waals surface area contributed by atoms with Crippen LogP contribution in [0.5, 0.6) is 0 Å². The number of carbonyl (C=O) groups excluding carboxylic acids is 1. The van der Waals surface area contributed by atoms with Crippen LogP contribution in [0.4, 0.5) is 5.69 Å². The molecule has 180 valence electrons. The Kier molecular flexibility index (Phi) is 6.34. The molecular formula is C27H27N3O3S2. The first kappa shape index (κ1) is 23.5. The van der Waals surface area contributed by atoms with Gasteiger partial charge >= 0.3 is 0 Å². The third-order valence-corrected chi connectivity index (χ3v) is 9.35. The van der Waals surface area contributed by atoms with Gasteiger partial charge in [0, 0.05) is 19.2 Å². The number of sulfonamides is 1. The van der Waals surface area contributed by atoms with Gasteiger partial charge in [-0.25, -0.2) is 8.42 Å². The van der Waals surface area contributed by atoms with Gasteiger partial charge in [0.15, 0.2) is 4.80 Å². The molecule has 0 saturated carbocycles. The van der Waals surface area contributed by atoms with E-state index in [2.05, 4.69) is 30.1 Å². The molecule has 0 unspecified atom stereocenters. The van der Waals surface area contributed by atoms with Gasteiger partial charge < -0.3 is 4.57 Å². The average Bonchev–Trinajstić information content (AvgIpc) is 3.44. The minimum atomic E-state index is -3.70. The largest absolute Gasteiger partial charge is 0.319 e. The fourth-order valence-electron chi connectivity index (χ4n) is 4.43. The number of anilines is 1. The first-order valence-electron chi connectivity index (χ1n) is 11.8. The fourth-order valence-corrected chi connectivity index (χ4v) is 7.01. The van der Waals surface area contributed by atoms with Crippen molar-refractivity contribution in [3.05, 3.63) is 88.2 Å². The van der Waals surface area contributed by atoms with Gasteiger partial charge in [0.2, 0.25) is 0 Å². The van der Waals surface area contributed by atoms with Crippen LogP contribution in [0.1, 0.15) is 41.3 Å². The highest BCUT2D eigenvalue weighted by atomic mass is 32.2. The van der Waals surface area contributed by atoms with Crippen LogP contribution in [0, 0.1) is 0 Å². The fraction of sp³-hybridized carbons (Fsp3) is 0.259. The van der Waals surface area contributed by atoms with Crippen LogP contribution < -0.4 is 9.11 Å². The van der Waals surface area contributed by atoms with E-state index in [1.165, 1.54) is 45.5 Å². The molecule has 1 aliphatic rings. The lowest BCUT2D eigenvalue weighted by molar-refractivity contribution is 0.0998. The maximum absolute atomic E-state index is 13.2. The monoisotopic (exact) mass is 505 g/mol. The van der Waals surface area contributed by atoms with E-state index in [1.54, 1.807) is 0 Å². The topological polar surface area (TPSA) is 71.7 Å². The highest BCUT2D eigenvalue weighted by Crippen LogP contribution is 2.32. The number of fused-ring (bicyclic) bond motifs is 2. The first-order valence-corrected chi connectivity index (χ1v) is 14.0. The number of amides is 1. The number of aromatic nitrogens is 1. The first-order chi connectivity index (χ1) is 16.9. The molecule has 5 rings (SSSR count). The number of rotatable bonds is 6. The summed E-state index contributed by atoms with van der Waals surface area (Å²) in [7, 11) is -1.80. The zero-order valence-corrected chi connectivity index (χ0v) is 21.4. The standard InChI is InChI=1S/C27H27N3O3S2/c1-3-4-7-19-10-15-24-25(18-19)34-27(29(24)2)28-26(31)21-11-13-22(14-12-21)35(32,33)30-17-16-20-8-5-6-9-23(20)30/h5-6,8-15,18H,3-4,7,16-17H2,1-2H3. The molecule has 8 heteroatoms. The number of hydrogen-bond acceptors (Lipinski definition) is 4. The minimum absolute atomic E-state index is 0.165. The van der Waals surface area contributed by atoms with Gasteiger partial charge in [0.25, 0.3) is 15.9 Å². The number of carbonyl (C=O) groups is 1. The summed E-state index contributed by atoms with van der Waals surface area (Å²) in [6.07, 6.45) is 4.03. The Bertz CT molecular complexity index is 1580. The summed E-state index contributed by atoms with van der Waals surface area (Å²) in [6, 6.07) is 20.0. The third-order valence-electron chi connectivity index (χ3n) is 6.42. The van der Waals surface area contributed by atoms with Crippen LogP contribution in [-0.2, 0) is 29.9 Å². The van der Waals surface area contributed by atoms with Gasteiger partial charge in [0.1, 0.15) is 0 Å². The predicted molar refractivity (Wildman–Crippen MR) is 140 cm³/mol. The van der Waals surface area contributed by atoms with E-state index in [4.69, 9.17) is 0 Å². The highest BCUT2D eigenvalue weighted by Gasteiger charge is 2.30. The molecule has 2 heterocycles. The van der Waals surface area contributed by atoms with Gasteiger partial charge in [-0.05, 0) is 72.9 Å². The Balaban J connectivity index is 1.40. The molecule has 0 bridgehead atoms. The third kappa shape index (κ3) is 4.44.